The molecule has 116 valence electrons. The lowest BCUT2D eigenvalue weighted by Crippen LogP contribution is -2.30. The van der Waals surface area contributed by atoms with Crippen LogP contribution in [0.4, 0.5) is 0 Å². The van der Waals surface area contributed by atoms with Gasteiger partial charge in [-0.2, -0.15) is 0 Å². The van der Waals surface area contributed by atoms with Gasteiger partial charge in [-0.25, -0.2) is 0 Å². The van der Waals surface area contributed by atoms with Gasteiger partial charge in [0.05, 0.1) is 0 Å². The molecular weight excluding hydrogens is 264 g/mol. The summed E-state index contributed by atoms with van der Waals surface area (Å²) >= 11 is 0. The first-order valence-electron chi connectivity index (χ1n) is 7.84. The van der Waals surface area contributed by atoms with Crippen LogP contribution < -0.4 is 15.8 Å². The Labute approximate surface area is 127 Å². The SMILES string of the molecule is CC(C)CCNC(=O)COc1ccc2c(c1)CCCC2N. The number of hydrogen-bond acceptors (Lipinski definition) is 3. The molecule has 4 heteroatoms. The highest BCUT2D eigenvalue weighted by Crippen LogP contribution is 2.30. The number of nitrogens with one attached hydrogen (secondary N) is 1. The predicted octanol–water partition coefficient (Wildman–Crippen LogP) is 2.56. The largest absolute Gasteiger partial charge is 0.484 e. The van der Waals surface area contributed by atoms with Crippen molar-refractivity contribution in [2.75, 3.05) is 13.2 Å². The number of nitrogens with two attached hydrogens (primary N) is 1. The molecule has 1 unspecified atom stereocenters. The Morgan fingerprint density at radius 3 is 3.05 bits per heavy atom. The Morgan fingerprint density at radius 2 is 2.29 bits per heavy atom. The maximum Gasteiger partial charge on any atom is 0.257 e. The third kappa shape index (κ3) is 4.74. The van der Waals surface area contributed by atoms with Crippen LogP contribution in [-0.2, 0) is 11.2 Å². The maximum absolute atomic E-state index is 11.7. The van der Waals surface area contributed by atoms with Gasteiger partial charge in [0.2, 0.25) is 0 Å². The van der Waals surface area contributed by atoms with Crippen molar-refractivity contribution in [3.05, 3.63) is 29.3 Å². The lowest BCUT2D eigenvalue weighted by atomic mass is 9.88. The van der Waals surface area contributed by atoms with E-state index in [4.69, 9.17) is 10.5 Å². The number of ether oxygens (including phenoxy) is 1. The van der Waals surface area contributed by atoms with Crippen molar-refractivity contribution in [3.63, 3.8) is 0 Å². The molecule has 2 rings (SSSR count). The fraction of sp³-hybridized carbons (Fsp3) is 0.588. The summed E-state index contributed by atoms with van der Waals surface area (Å²) in [5.41, 5.74) is 8.57. The second-order valence-corrected chi connectivity index (χ2v) is 6.18. The molecule has 0 radical (unpaired) electrons. The molecule has 3 N–H and O–H groups in total. The monoisotopic (exact) mass is 290 g/mol. The van der Waals surface area contributed by atoms with E-state index in [2.05, 4.69) is 19.2 Å². The zero-order valence-electron chi connectivity index (χ0n) is 13.0. The summed E-state index contributed by atoms with van der Waals surface area (Å²) in [6.45, 7) is 5.06. The van der Waals surface area contributed by atoms with Crippen molar-refractivity contribution in [2.24, 2.45) is 11.7 Å². The number of amides is 1. The minimum Gasteiger partial charge on any atom is -0.484 e. The second kappa shape index (κ2) is 7.46. The van der Waals surface area contributed by atoms with Gasteiger partial charge in [-0.3, -0.25) is 4.79 Å². The van der Waals surface area contributed by atoms with E-state index in [-0.39, 0.29) is 18.6 Å². The van der Waals surface area contributed by atoms with Crippen molar-refractivity contribution in [3.8, 4) is 5.75 Å². The minimum absolute atomic E-state index is 0.0647. The standard InChI is InChI=1S/C17H26N2O2/c1-12(2)8-9-19-17(20)11-21-14-6-7-15-13(10-14)4-3-5-16(15)18/h6-7,10,12,16H,3-5,8-9,11,18H2,1-2H3,(H,19,20). The first-order valence-corrected chi connectivity index (χ1v) is 7.84. The molecule has 0 heterocycles. The highest BCUT2D eigenvalue weighted by atomic mass is 16.5. The van der Waals surface area contributed by atoms with Crippen molar-refractivity contribution < 1.29 is 9.53 Å². The Kier molecular flexibility index (Phi) is 5.62. The average molecular weight is 290 g/mol. The molecule has 0 aliphatic heterocycles. The summed E-state index contributed by atoms with van der Waals surface area (Å²) in [7, 11) is 0. The molecule has 4 nitrogen and oxygen atoms in total. The van der Waals surface area contributed by atoms with Gasteiger partial charge in [-0.05, 0) is 54.9 Å². The zero-order valence-corrected chi connectivity index (χ0v) is 13.0. The van der Waals surface area contributed by atoms with E-state index in [1.54, 1.807) is 0 Å². The van der Waals surface area contributed by atoms with Crippen LogP contribution in [0.5, 0.6) is 5.75 Å². The van der Waals surface area contributed by atoms with E-state index in [0.29, 0.717) is 12.5 Å². The molecule has 1 amide bonds. The molecule has 0 fully saturated rings. The molecule has 1 aromatic rings. The second-order valence-electron chi connectivity index (χ2n) is 6.18. The molecule has 0 saturated heterocycles. The van der Waals surface area contributed by atoms with Crippen molar-refractivity contribution in [1.82, 2.24) is 5.32 Å². The number of rotatable bonds is 6. The number of benzene rings is 1. The van der Waals surface area contributed by atoms with Gasteiger partial charge in [-0.15, -0.1) is 0 Å². The van der Waals surface area contributed by atoms with E-state index in [1.165, 1.54) is 11.1 Å². The first-order chi connectivity index (χ1) is 10.1. The minimum atomic E-state index is -0.0647. The van der Waals surface area contributed by atoms with Crippen LogP contribution in [0, 0.1) is 5.92 Å². The quantitative estimate of drug-likeness (QED) is 0.846. The Bertz CT molecular complexity index is 486. The van der Waals surface area contributed by atoms with E-state index in [9.17, 15) is 4.79 Å². The summed E-state index contributed by atoms with van der Waals surface area (Å²) in [6.07, 6.45) is 4.20. The summed E-state index contributed by atoms with van der Waals surface area (Å²) in [4.78, 5) is 11.7. The molecule has 0 spiro atoms. The van der Waals surface area contributed by atoms with Crippen LogP contribution in [0.2, 0.25) is 0 Å². The van der Waals surface area contributed by atoms with Gasteiger partial charge in [0.15, 0.2) is 6.61 Å². The molecular formula is C17H26N2O2. The van der Waals surface area contributed by atoms with Crippen molar-refractivity contribution in [2.45, 2.75) is 45.6 Å². The van der Waals surface area contributed by atoms with E-state index < -0.39 is 0 Å². The maximum atomic E-state index is 11.7. The Hall–Kier alpha value is -1.55. The Morgan fingerprint density at radius 1 is 1.48 bits per heavy atom. The molecule has 0 saturated carbocycles. The molecule has 1 atom stereocenters. The lowest BCUT2D eigenvalue weighted by Gasteiger charge is -2.22. The summed E-state index contributed by atoms with van der Waals surface area (Å²) in [6, 6.07) is 6.11. The predicted molar refractivity (Wildman–Crippen MR) is 84.3 cm³/mol. The van der Waals surface area contributed by atoms with E-state index >= 15 is 0 Å². The van der Waals surface area contributed by atoms with Crippen LogP contribution in [-0.4, -0.2) is 19.1 Å². The average Bonchev–Trinajstić information content (AvgIpc) is 2.45. The van der Waals surface area contributed by atoms with Crippen LogP contribution in [0.15, 0.2) is 18.2 Å². The van der Waals surface area contributed by atoms with Gasteiger partial charge in [0.25, 0.3) is 5.91 Å². The van der Waals surface area contributed by atoms with Crippen molar-refractivity contribution in [1.29, 1.82) is 0 Å². The van der Waals surface area contributed by atoms with Gasteiger partial charge >= 0.3 is 0 Å². The van der Waals surface area contributed by atoms with Crippen LogP contribution in [0.3, 0.4) is 0 Å². The third-order valence-corrected chi connectivity index (χ3v) is 3.89. The molecule has 0 aromatic heterocycles. The molecule has 1 aromatic carbocycles. The zero-order chi connectivity index (χ0) is 15.2. The summed E-state index contributed by atoms with van der Waals surface area (Å²) in [5, 5.41) is 2.87. The van der Waals surface area contributed by atoms with Gasteiger partial charge < -0.3 is 15.8 Å². The topological polar surface area (TPSA) is 64.3 Å². The molecule has 1 aliphatic carbocycles. The summed E-state index contributed by atoms with van der Waals surface area (Å²) in [5.74, 6) is 1.28. The van der Waals surface area contributed by atoms with Crippen LogP contribution in [0.25, 0.3) is 0 Å². The fourth-order valence-electron chi connectivity index (χ4n) is 2.62. The number of fused-ring (bicyclic) bond motifs is 1. The molecule has 21 heavy (non-hydrogen) atoms. The lowest BCUT2D eigenvalue weighted by molar-refractivity contribution is -0.123. The van der Waals surface area contributed by atoms with Gasteiger partial charge in [0.1, 0.15) is 5.75 Å². The molecule has 0 bridgehead atoms. The fourth-order valence-corrected chi connectivity index (χ4v) is 2.62. The third-order valence-electron chi connectivity index (χ3n) is 3.89. The van der Waals surface area contributed by atoms with Crippen molar-refractivity contribution >= 4 is 5.91 Å². The molecule has 1 aliphatic rings. The van der Waals surface area contributed by atoms with Gasteiger partial charge in [-0.1, -0.05) is 19.9 Å². The van der Waals surface area contributed by atoms with Crippen LogP contribution >= 0.6 is 0 Å². The normalized spacial score (nSPS) is 17.4. The van der Waals surface area contributed by atoms with E-state index in [1.807, 2.05) is 18.2 Å². The number of aryl methyl sites for hydroxylation is 1. The summed E-state index contributed by atoms with van der Waals surface area (Å²) < 4.78 is 5.57. The highest BCUT2D eigenvalue weighted by Gasteiger charge is 2.17. The Balaban J connectivity index is 1.82. The van der Waals surface area contributed by atoms with E-state index in [0.717, 1.165) is 31.4 Å². The van der Waals surface area contributed by atoms with Gasteiger partial charge in [0, 0.05) is 12.6 Å². The number of carbonyl (C=O) groups is 1. The first kappa shape index (κ1) is 15.8. The number of hydrogen-bond donors (Lipinski definition) is 2. The van der Waals surface area contributed by atoms with Crippen LogP contribution in [0.1, 0.15) is 50.3 Å². The number of carbonyl (C=O) groups excluding carboxylic acids is 1. The highest BCUT2D eigenvalue weighted by molar-refractivity contribution is 5.77. The smallest absolute Gasteiger partial charge is 0.257 e.